The smallest absolute Gasteiger partial charge is 0.272 e. The first-order chi connectivity index (χ1) is 12.6. The van der Waals surface area contributed by atoms with Crippen molar-refractivity contribution in [1.29, 1.82) is 0 Å². The molecular weight excluding hydrogens is 346 g/mol. The van der Waals surface area contributed by atoms with Crippen LogP contribution in [0.1, 0.15) is 16.1 Å². The van der Waals surface area contributed by atoms with E-state index in [-0.39, 0.29) is 17.2 Å². The van der Waals surface area contributed by atoms with Crippen molar-refractivity contribution in [2.45, 2.75) is 6.92 Å². The van der Waals surface area contributed by atoms with Crippen LogP contribution in [-0.2, 0) is 0 Å². The molecule has 0 saturated carbocycles. The minimum atomic E-state index is -0.356. The number of nitrogens with one attached hydrogen (secondary N) is 2. The molecule has 26 heavy (non-hydrogen) atoms. The van der Waals surface area contributed by atoms with Crippen LogP contribution in [0.3, 0.4) is 0 Å². The fourth-order valence-electron chi connectivity index (χ4n) is 2.63. The second kappa shape index (κ2) is 6.57. The second-order valence-electron chi connectivity index (χ2n) is 5.95. The zero-order chi connectivity index (χ0) is 18.1. The first-order valence-corrected chi connectivity index (χ1v) is 8.88. The maximum Gasteiger partial charge on any atom is 0.272 e. The zero-order valence-corrected chi connectivity index (χ0v) is 14.8. The van der Waals surface area contributed by atoms with E-state index in [9.17, 15) is 9.59 Å². The Morgan fingerprint density at radius 1 is 1.08 bits per heavy atom. The Balaban J connectivity index is 1.56. The lowest BCUT2D eigenvalue weighted by Gasteiger charge is -2.05. The summed E-state index contributed by atoms with van der Waals surface area (Å²) in [6, 6.07) is 18.2. The fraction of sp³-hybridized carbons (Fsp3) is 0.0500. The van der Waals surface area contributed by atoms with Crippen LogP contribution in [0.5, 0.6) is 0 Å². The normalized spacial score (nSPS) is 10.8. The summed E-state index contributed by atoms with van der Waals surface area (Å²) in [6.45, 7) is 2.07. The maximum absolute atomic E-state index is 12.2. The number of rotatable bonds is 3. The molecule has 0 aliphatic carbocycles. The molecule has 0 atom stereocenters. The molecule has 0 fully saturated rings. The summed E-state index contributed by atoms with van der Waals surface area (Å²) >= 11 is 1.64. The molecule has 4 rings (SSSR count). The number of nitrogens with zero attached hydrogens (tertiary/aromatic N) is 1. The Labute approximate surface area is 153 Å². The molecule has 2 heterocycles. The molecule has 2 aromatic heterocycles. The van der Waals surface area contributed by atoms with Gasteiger partial charge in [0.2, 0.25) is 5.56 Å². The van der Waals surface area contributed by atoms with Crippen LogP contribution in [0.4, 0.5) is 5.69 Å². The number of aromatic amines is 1. The van der Waals surface area contributed by atoms with Crippen molar-refractivity contribution in [3.8, 4) is 10.6 Å². The van der Waals surface area contributed by atoms with Crippen molar-refractivity contribution in [2.75, 3.05) is 5.32 Å². The van der Waals surface area contributed by atoms with E-state index >= 15 is 0 Å². The summed E-state index contributed by atoms with van der Waals surface area (Å²) in [6.07, 6.45) is 0. The van der Waals surface area contributed by atoms with Gasteiger partial charge in [-0.25, -0.2) is 4.98 Å². The van der Waals surface area contributed by atoms with Crippen LogP contribution in [-0.4, -0.2) is 15.9 Å². The monoisotopic (exact) mass is 361 g/mol. The standard InChI is InChI=1S/C20H15N3O2S/c1-12-5-10-15-17(11-12)26-20(23-15)13-6-8-14(9-7-13)21-19(25)16-3-2-4-18(24)22-16/h2-11H,1H3,(H,21,25)(H,22,24). The quantitative estimate of drug-likeness (QED) is 0.574. The average Bonchev–Trinajstić information content (AvgIpc) is 3.05. The van der Waals surface area contributed by atoms with E-state index in [1.54, 1.807) is 23.5 Å². The minimum absolute atomic E-state index is 0.225. The van der Waals surface area contributed by atoms with Crippen LogP contribution in [0, 0.1) is 6.92 Å². The molecule has 0 spiro atoms. The van der Waals surface area contributed by atoms with Crippen molar-refractivity contribution >= 4 is 33.1 Å². The van der Waals surface area contributed by atoms with E-state index in [0.29, 0.717) is 5.69 Å². The molecule has 2 N–H and O–H groups in total. The van der Waals surface area contributed by atoms with Crippen molar-refractivity contribution in [2.24, 2.45) is 0 Å². The van der Waals surface area contributed by atoms with Gasteiger partial charge in [-0.2, -0.15) is 0 Å². The number of benzene rings is 2. The van der Waals surface area contributed by atoms with Gasteiger partial charge in [0, 0.05) is 17.3 Å². The lowest BCUT2D eigenvalue weighted by atomic mass is 10.2. The van der Waals surface area contributed by atoms with Gasteiger partial charge < -0.3 is 10.3 Å². The number of thiazole rings is 1. The molecule has 0 aliphatic heterocycles. The molecule has 1 amide bonds. The predicted octanol–water partition coefficient (Wildman–Crippen LogP) is 4.21. The molecular formula is C20H15N3O2S. The van der Waals surface area contributed by atoms with Crippen molar-refractivity contribution in [1.82, 2.24) is 9.97 Å². The van der Waals surface area contributed by atoms with E-state index in [2.05, 4.69) is 34.3 Å². The van der Waals surface area contributed by atoms with E-state index < -0.39 is 0 Å². The molecule has 0 unspecified atom stereocenters. The Bertz CT molecular complexity index is 1160. The van der Waals surface area contributed by atoms with Crippen LogP contribution in [0.25, 0.3) is 20.8 Å². The molecule has 0 saturated heterocycles. The summed E-state index contributed by atoms with van der Waals surface area (Å²) < 4.78 is 1.16. The zero-order valence-electron chi connectivity index (χ0n) is 13.9. The number of aromatic nitrogens is 2. The van der Waals surface area contributed by atoms with Gasteiger partial charge in [-0.1, -0.05) is 12.1 Å². The van der Waals surface area contributed by atoms with Crippen LogP contribution in [0.2, 0.25) is 0 Å². The second-order valence-corrected chi connectivity index (χ2v) is 6.98. The van der Waals surface area contributed by atoms with Crippen LogP contribution < -0.4 is 10.9 Å². The van der Waals surface area contributed by atoms with E-state index in [4.69, 9.17) is 0 Å². The number of hydrogen-bond acceptors (Lipinski definition) is 4. The number of carbonyl (C=O) groups excluding carboxylic acids is 1. The number of aryl methyl sites for hydroxylation is 1. The highest BCUT2D eigenvalue weighted by atomic mass is 32.1. The van der Waals surface area contributed by atoms with Gasteiger partial charge in [-0.05, 0) is 55.0 Å². The SMILES string of the molecule is Cc1ccc2nc(-c3ccc(NC(=O)c4cccc(=O)[nH]4)cc3)sc2c1. The van der Waals surface area contributed by atoms with Gasteiger partial charge >= 0.3 is 0 Å². The highest BCUT2D eigenvalue weighted by molar-refractivity contribution is 7.21. The van der Waals surface area contributed by atoms with Crippen molar-refractivity contribution in [3.63, 3.8) is 0 Å². The van der Waals surface area contributed by atoms with Crippen molar-refractivity contribution in [3.05, 3.63) is 82.3 Å². The number of pyridine rings is 1. The van der Waals surface area contributed by atoms with Gasteiger partial charge in [0.05, 0.1) is 10.2 Å². The number of H-pyrrole nitrogens is 1. The lowest BCUT2D eigenvalue weighted by molar-refractivity contribution is 0.102. The third-order valence-corrected chi connectivity index (χ3v) is 5.01. The number of carbonyl (C=O) groups is 1. The average molecular weight is 361 g/mol. The molecule has 6 heteroatoms. The lowest BCUT2D eigenvalue weighted by Crippen LogP contribution is -2.17. The number of anilines is 1. The summed E-state index contributed by atoms with van der Waals surface area (Å²) in [4.78, 5) is 30.7. The molecule has 128 valence electrons. The first-order valence-electron chi connectivity index (χ1n) is 8.07. The highest BCUT2D eigenvalue weighted by Crippen LogP contribution is 2.31. The maximum atomic E-state index is 12.2. The van der Waals surface area contributed by atoms with E-state index in [0.717, 1.165) is 20.8 Å². The molecule has 0 bridgehead atoms. The van der Waals surface area contributed by atoms with E-state index in [1.807, 2.05) is 30.3 Å². The topological polar surface area (TPSA) is 74.8 Å². The summed E-state index contributed by atoms with van der Waals surface area (Å²) in [5.41, 5.74) is 3.77. The van der Waals surface area contributed by atoms with Gasteiger partial charge in [-0.3, -0.25) is 9.59 Å². The summed E-state index contributed by atoms with van der Waals surface area (Å²) in [5, 5.41) is 3.71. The first kappa shape index (κ1) is 16.2. The van der Waals surface area contributed by atoms with Gasteiger partial charge in [0.1, 0.15) is 10.7 Å². The van der Waals surface area contributed by atoms with Crippen molar-refractivity contribution < 1.29 is 4.79 Å². The minimum Gasteiger partial charge on any atom is -0.321 e. The largest absolute Gasteiger partial charge is 0.321 e. The third-order valence-electron chi connectivity index (χ3n) is 3.95. The Morgan fingerprint density at radius 2 is 1.88 bits per heavy atom. The van der Waals surface area contributed by atoms with Gasteiger partial charge in [0.25, 0.3) is 5.91 Å². The number of fused-ring (bicyclic) bond motifs is 1. The number of hydrogen-bond donors (Lipinski definition) is 2. The fourth-order valence-corrected chi connectivity index (χ4v) is 3.70. The van der Waals surface area contributed by atoms with Gasteiger partial charge in [-0.15, -0.1) is 11.3 Å². The van der Waals surface area contributed by atoms with Crippen LogP contribution in [0.15, 0.2) is 65.5 Å². The summed E-state index contributed by atoms with van der Waals surface area (Å²) in [5.74, 6) is -0.356. The highest BCUT2D eigenvalue weighted by Gasteiger charge is 2.09. The predicted molar refractivity (Wildman–Crippen MR) is 105 cm³/mol. The Kier molecular flexibility index (Phi) is 4.10. The third kappa shape index (κ3) is 3.27. The molecule has 0 aliphatic rings. The molecule has 4 aromatic rings. The Hall–Kier alpha value is -3.25. The molecule has 2 aromatic carbocycles. The van der Waals surface area contributed by atoms with Gasteiger partial charge in [0.15, 0.2) is 0 Å². The molecule has 0 radical (unpaired) electrons. The Morgan fingerprint density at radius 3 is 2.65 bits per heavy atom. The van der Waals surface area contributed by atoms with Crippen LogP contribution >= 0.6 is 11.3 Å². The van der Waals surface area contributed by atoms with E-state index in [1.165, 1.54) is 11.6 Å². The number of amides is 1. The summed E-state index contributed by atoms with van der Waals surface area (Å²) in [7, 11) is 0. The molecule has 5 nitrogen and oxygen atoms in total.